The van der Waals surface area contributed by atoms with Gasteiger partial charge in [-0.2, -0.15) is 0 Å². The molecule has 3 heterocycles. The van der Waals surface area contributed by atoms with E-state index in [-0.39, 0.29) is 0 Å². The summed E-state index contributed by atoms with van der Waals surface area (Å²) in [6.45, 7) is 0. The van der Waals surface area contributed by atoms with Crippen molar-refractivity contribution < 1.29 is 4.42 Å². The Hall–Kier alpha value is -7.11. The second-order valence-electron chi connectivity index (χ2n) is 13.2. The van der Waals surface area contributed by atoms with Crippen LogP contribution in [0, 0.1) is 0 Å². The molecule has 0 atom stereocenters. The SMILES string of the molecule is c1ccc(-c2nc(-c3ccc4ccccc4c3)nc(-c3c(-n4c5ccccc5c5cc6ccccc6cc54)ccc4oc5ccccc5c34)n2)cc1. The van der Waals surface area contributed by atoms with E-state index in [0.29, 0.717) is 17.5 Å². The number of benzene rings is 8. The lowest BCUT2D eigenvalue weighted by Gasteiger charge is -2.16. The summed E-state index contributed by atoms with van der Waals surface area (Å²) in [4.78, 5) is 15.8. The second-order valence-corrected chi connectivity index (χ2v) is 13.2. The van der Waals surface area contributed by atoms with Crippen molar-refractivity contribution in [1.82, 2.24) is 19.5 Å². The predicted octanol–water partition coefficient (Wildman–Crippen LogP) is 12.2. The summed E-state index contributed by atoms with van der Waals surface area (Å²) in [5.41, 5.74) is 7.51. The van der Waals surface area contributed by atoms with Crippen LogP contribution in [0.3, 0.4) is 0 Å². The fourth-order valence-electron chi connectivity index (χ4n) is 7.79. The van der Waals surface area contributed by atoms with E-state index in [0.717, 1.165) is 60.7 Å². The second kappa shape index (κ2) is 11.2. The topological polar surface area (TPSA) is 56.7 Å². The van der Waals surface area contributed by atoms with Gasteiger partial charge >= 0.3 is 0 Å². The van der Waals surface area contributed by atoms with Crippen LogP contribution in [-0.2, 0) is 0 Å². The monoisotopic (exact) mass is 664 g/mol. The van der Waals surface area contributed by atoms with E-state index in [1.165, 1.54) is 26.9 Å². The summed E-state index contributed by atoms with van der Waals surface area (Å²) >= 11 is 0. The van der Waals surface area contributed by atoms with Crippen molar-refractivity contribution in [2.24, 2.45) is 0 Å². The number of rotatable bonds is 4. The van der Waals surface area contributed by atoms with Gasteiger partial charge in [0, 0.05) is 32.7 Å². The minimum atomic E-state index is 0.580. The first kappa shape index (κ1) is 28.7. The molecule has 0 saturated heterocycles. The summed E-state index contributed by atoms with van der Waals surface area (Å²) < 4.78 is 8.89. The number of hydrogen-bond acceptors (Lipinski definition) is 4. The zero-order valence-electron chi connectivity index (χ0n) is 27.9. The van der Waals surface area contributed by atoms with Gasteiger partial charge in [0.2, 0.25) is 0 Å². The average Bonchev–Trinajstić information content (AvgIpc) is 3.75. The normalized spacial score (nSPS) is 11.8. The van der Waals surface area contributed by atoms with Crippen LogP contribution in [0.4, 0.5) is 0 Å². The van der Waals surface area contributed by atoms with E-state index < -0.39 is 0 Å². The van der Waals surface area contributed by atoms with Gasteiger partial charge in [-0.15, -0.1) is 0 Å². The molecule has 0 amide bonds. The Morgan fingerprint density at radius 1 is 0.385 bits per heavy atom. The van der Waals surface area contributed by atoms with Crippen LogP contribution in [0.25, 0.3) is 105 Å². The lowest BCUT2D eigenvalue weighted by Crippen LogP contribution is -2.04. The van der Waals surface area contributed by atoms with Gasteiger partial charge in [-0.05, 0) is 64.0 Å². The molecule has 52 heavy (non-hydrogen) atoms. The maximum Gasteiger partial charge on any atom is 0.166 e. The number of para-hydroxylation sites is 2. The third-order valence-corrected chi connectivity index (χ3v) is 10.2. The highest BCUT2D eigenvalue weighted by Gasteiger charge is 2.24. The molecule has 0 aliphatic carbocycles. The van der Waals surface area contributed by atoms with Crippen LogP contribution in [0.5, 0.6) is 0 Å². The fourth-order valence-corrected chi connectivity index (χ4v) is 7.79. The maximum atomic E-state index is 6.52. The molecule has 0 unspecified atom stereocenters. The number of hydrogen-bond donors (Lipinski definition) is 0. The summed E-state index contributed by atoms with van der Waals surface area (Å²) in [5.74, 6) is 1.80. The first-order chi connectivity index (χ1) is 25.8. The molecule has 0 aliphatic heterocycles. The zero-order valence-corrected chi connectivity index (χ0v) is 27.9. The van der Waals surface area contributed by atoms with Gasteiger partial charge in [-0.25, -0.2) is 15.0 Å². The van der Waals surface area contributed by atoms with Crippen molar-refractivity contribution in [1.29, 1.82) is 0 Å². The van der Waals surface area contributed by atoms with Crippen molar-refractivity contribution in [3.63, 3.8) is 0 Å². The Balaban J connectivity index is 1.29. The van der Waals surface area contributed by atoms with E-state index in [1.807, 2.05) is 30.3 Å². The molecule has 11 rings (SSSR count). The van der Waals surface area contributed by atoms with Gasteiger partial charge in [0.1, 0.15) is 11.2 Å². The molecule has 0 bridgehead atoms. The maximum absolute atomic E-state index is 6.52. The van der Waals surface area contributed by atoms with Gasteiger partial charge in [-0.1, -0.05) is 127 Å². The van der Waals surface area contributed by atoms with Gasteiger partial charge in [0.15, 0.2) is 17.5 Å². The summed E-state index contributed by atoms with van der Waals surface area (Å²) in [5, 5.41) is 9.03. The third-order valence-electron chi connectivity index (χ3n) is 10.2. The molecule has 0 fully saturated rings. The van der Waals surface area contributed by atoms with Crippen molar-refractivity contribution >= 4 is 65.3 Å². The largest absolute Gasteiger partial charge is 0.456 e. The molecule has 8 aromatic carbocycles. The molecule has 242 valence electrons. The van der Waals surface area contributed by atoms with Crippen LogP contribution in [0.2, 0.25) is 0 Å². The Bertz CT molecular complexity index is 3190. The molecule has 0 spiro atoms. The summed E-state index contributed by atoms with van der Waals surface area (Å²) in [6, 6.07) is 59.2. The minimum Gasteiger partial charge on any atom is -0.456 e. The Kier molecular flexibility index (Phi) is 6.18. The van der Waals surface area contributed by atoms with Gasteiger partial charge < -0.3 is 8.98 Å². The Labute approximate surface area is 298 Å². The van der Waals surface area contributed by atoms with Crippen molar-refractivity contribution in [2.75, 3.05) is 0 Å². The van der Waals surface area contributed by atoms with E-state index in [4.69, 9.17) is 19.4 Å². The number of fused-ring (bicyclic) bond motifs is 8. The van der Waals surface area contributed by atoms with E-state index >= 15 is 0 Å². The molecule has 0 saturated carbocycles. The molecular weight excluding hydrogens is 637 g/mol. The predicted molar refractivity (Wildman–Crippen MR) is 213 cm³/mol. The standard InChI is InChI=1S/C47H28N4O/c1-2-13-30(14-3-1)45-48-46(34-23-22-29-12-4-5-15-31(29)26-34)50-47(49-45)44-39(24-25-42-43(44)36-19-9-11-21-41(36)52-42)51-38-20-10-8-18-35(38)37-27-32-16-6-7-17-33(32)28-40(37)51/h1-28H. The van der Waals surface area contributed by atoms with E-state index in [1.54, 1.807) is 0 Å². The quantitative estimate of drug-likeness (QED) is 0.188. The molecule has 5 heteroatoms. The molecule has 0 N–H and O–H groups in total. The molecule has 0 aliphatic rings. The van der Waals surface area contributed by atoms with Crippen LogP contribution >= 0.6 is 0 Å². The van der Waals surface area contributed by atoms with Crippen molar-refractivity contribution in [3.8, 4) is 39.9 Å². The summed E-state index contributed by atoms with van der Waals surface area (Å²) in [7, 11) is 0. The first-order valence-corrected chi connectivity index (χ1v) is 17.4. The fraction of sp³-hybridized carbons (Fsp3) is 0. The average molecular weight is 665 g/mol. The Morgan fingerprint density at radius 2 is 1.02 bits per heavy atom. The molecule has 3 aromatic heterocycles. The van der Waals surface area contributed by atoms with Crippen LogP contribution < -0.4 is 0 Å². The Morgan fingerprint density at radius 3 is 1.85 bits per heavy atom. The smallest absolute Gasteiger partial charge is 0.166 e. The van der Waals surface area contributed by atoms with Gasteiger partial charge in [0.05, 0.1) is 22.3 Å². The number of nitrogens with zero attached hydrogens (tertiary/aromatic N) is 4. The third kappa shape index (κ3) is 4.39. The molecule has 0 radical (unpaired) electrons. The van der Waals surface area contributed by atoms with Crippen molar-refractivity contribution in [3.05, 3.63) is 170 Å². The van der Waals surface area contributed by atoms with Crippen LogP contribution in [0.1, 0.15) is 0 Å². The number of furan rings is 1. The molecule has 5 nitrogen and oxygen atoms in total. The minimum absolute atomic E-state index is 0.580. The molecule has 11 aromatic rings. The van der Waals surface area contributed by atoms with Crippen LogP contribution in [0.15, 0.2) is 174 Å². The van der Waals surface area contributed by atoms with E-state index in [9.17, 15) is 0 Å². The summed E-state index contributed by atoms with van der Waals surface area (Å²) in [6.07, 6.45) is 0. The van der Waals surface area contributed by atoms with Gasteiger partial charge in [-0.3, -0.25) is 0 Å². The van der Waals surface area contributed by atoms with Crippen molar-refractivity contribution in [2.45, 2.75) is 0 Å². The zero-order chi connectivity index (χ0) is 34.2. The van der Waals surface area contributed by atoms with Crippen LogP contribution in [-0.4, -0.2) is 19.5 Å². The lowest BCUT2D eigenvalue weighted by atomic mass is 10.0. The number of aromatic nitrogens is 4. The lowest BCUT2D eigenvalue weighted by molar-refractivity contribution is 0.669. The molecular formula is C47H28N4O. The van der Waals surface area contributed by atoms with Gasteiger partial charge in [0.25, 0.3) is 0 Å². The highest BCUT2D eigenvalue weighted by molar-refractivity contribution is 6.17. The first-order valence-electron chi connectivity index (χ1n) is 17.4. The highest BCUT2D eigenvalue weighted by Crippen LogP contribution is 2.43. The van der Waals surface area contributed by atoms with E-state index in [2.05, 4.69) is 144 Å². The highest BCUT2D eigenvalue weighted by atomic mass is 16.3.